The fourth-order valence-corrected chi connectivity index (χ4v) is 4.09. The zero-order valence-electron chi connectivity index (χ0n) is 16.2. The number of carbonyl (C=O) groups excluding carboxylic acids is 1. The highest BCUT2D eigenvalue weighted by Gasteiger charge is 2.43. The molecule has 1 aromatic heterocycles. The first kappa shape index (κ1) is 18.1. The van der Waals surface area contributed by atoms with Crippen LogP contribution in [0.15, 0.2) is 59.2 Å². The molecule has 28 heavy (non-hydrogen) atoms. The van der Waals surface area contributed by atoms with E-state index in [9.17, 15) is 10.1 Å². The number of allylic oxidation sites excluding steroid dienone is 3. The number of hydrogen-bond acceptors (Lipinski definition) is 5. The van der Waals surface area contributed by atoms with E-state index in [0.29, 0.717) is 29.9 Å². The standard InChI is InChI=1S/C22H22N4O2/c1-22(2)10-17(27)20-18(11-22)28-21(24)14(12-23)19(20)15-9-16(26(3)25-15)13-7-5-4-6-8-13/h4-9,19H,10-11,24H2,1-3H3. The highest BCUT2D eigenvalue weighted by atomic mass is 16.5. The molecule has 1 aliphatic carbocycles. The maximum absolute atomic E-state index is 13.0. The number of benzene rings is 1. The lowest BCUT2D eigenvalue weighted by molar-refractivity contribution is -0.119. The second-order valence-electron chi connectivity index (χ2n) is 8.15. The highest BCUT2D eigenvalue weighted by Crippen LogP contribution is 2.47. The largest absolute Gasteiger partial charge is 0.444 e. The number of carbonyl (C=O) groups is 1. The summed E-state index contributed by atoms with van der Waals surface area (Å²) >= 11 is 0. The van der Waals surface area contributed by atoms with Crippen LogP contribution in [0.4, 0.5) is 0 Å². The van der Waals surface area contributed by atoms with E-state index < -0.39 is 5.92 Å². The molecule has 0 amide bonds. The van der Waals surface area contributed by atoms with Crippen LogP contribution in [0.3, 0.4) is 0 Å². The quantitative estimate of drug-likeness (QED) is 0.868. The van der Waals surface area contributed by atoms with Gasteiger partial charge in [-0.1, -0.05) is 44.2 Å². The third kappa shape index (κ3) is 2.89. The minimum Gasteiger partial charge on any atom is -0.444 e. The van der Waals surface area contributed by atoms with Crippen LogP contribution in [0.25, 0.3) is 11.3 Å². The summed E-state index contributed by atoms with van der Waals surface area (Å²) in [5, 5.41) is 14.4. The molecule has 4 rings (SSSR count). The van der Waals surface area contributed by atoms with Crippen molar-refractivity contribution in [2.45, 2.75) is 32.6 Å². The lowest BCUT2D eigenvalue weighted by atomic mass is 9.71. The van der Waals surface area contributed by atoms with Gasteiger partial charge in [0.15, 0.2) is 5.78 Å². The summed E-state index contributed by atoms with van der Waals surface area (Å²) in [7, 11) is 1.85. The number of aromatic nitrogens is 2. The Hall–Kier alpha value is -3.33. The van der Waals surface area contributed by atoms with E-state index in [-0.39, 0.29) is 22.7 Å². The molecule has 1 unspecified atom stereocenters. The van der Waals surface area contributed by atoms with Crippen molar-refractivity contribution in [2.24, 2.45) is 18.2 Å². The van der Waals surface area contributed by atoms with Crippen molar-refractivity contribution in [3.63, 3.8) is 0 Å². The zero-order chi connectivity index (χ0) is 20.1. The number of aryl methyl sites for hydroxylation is 1. The van der Waals surface area contributed by atoms with E-state index in [1.54, 1.807) is 4.68 Å². The SMILES string of the molecule is Cn1nc(C2C(C#N)=C(N)OC3=C2C(=O)CC(C)(C)C3)cc1-c1ccccc1. The van der Waals surface area contributed by atoms with Crippen molar-refractivity contribution in [3.8, 4) is 17.3 Å². The molecule has 0 fully saturated rings. The molecule has 142 valence electrons. The Morgan fingerprint density at radius 2 is 2.00 bits per heavy atom. The van der Waals surface area contributed by atoms with Gasteiger partial charge in [-0.2, -0.15) is 10.4 Å². The molecule has 2 N–H and O–H groups in total. The number of nitriles is 1. The molecule has 0 spiro atoms. The first-order chi connectivity index (χ1) is 13.3. The highest BCUT2D eigenvalue weighted by molar-refractivity contribution is 6.00. The van der Waals surface area contributed by atoms with Gasteiger partial charge < -0.3 is 10.5 Å². The van der Waals surface area contributed by atoms with Gasteiger partial charge in [0.1, 0.15) is 17.4 Å². The lowest BCUT2D eigenvalue weighted by Crippen LogP contribution is -2.33. The van der Waals surface area contributed by atoms with Crippen molar-refractivity contribution >= 4 is 5.78 Å². The van der Waals surface area contributed by atoms with Crippen LogP contribution >= 0.6 is 0 Å². The summed E-state index contributed by atoms with van der Waals surface area (Å²) in [5.74, 6) is 0.0164. The third-order valence-corrected chi connectivity index (χ3v) is 5.34. The topological polar surface area (TPSA) is 93.9 Å². The number of hydrogen-bond donors (Lipinski definition) is 1. The van der Waals surface area contributed by atoms with Crippen LogP contribution in [0.1, 0.15) is 38.3 Å². The van der Waals surface area contributed by atoms with Crippen LogP contribution in [-0.2, 0) is 16.6 Å². The van der Waals surface area contributed by atoms with E-state index >= 15 is 0 Å². The molecule has 0 bridgehead atoms. The smallest absolute Gasteiger partial charge is 0.205 e. The molecule has 1 atom stereocenters. The fourth-order valence-electron chi connectivity index (χ4n) is 4.09. The molecule has 0 saturated carbocycles. The van der Waals surface area contributed by atoms with Crippen LogP contribution < -0.4 is 5.73 Å². The van der Waals surface area contributed by atoms with E-state index in [2.05, 4.69) is 11.2 Å². The lowest BCUT2D eigenvalue weighted by Gasteiger charge is -2.36. The normalized spacial score (nSPS) is 21.2. The van der Waals surface area contributed by atoms with E-state index in [0.717, 1.165) is 11.3 Å². The Kier molecular flexibility index (Phi) is 4.11. The van der Waals surface area contributed by atoms with Gasteiger partial charge in [-0.05, 0) is 17.0 Å². The maximum Gasteiger partial charge on any atom is 0.205 e. The van der Waals surface area contributed by atoms with Crippen molar-refractivity contribution in [1.82, 2.24) is 9.78 Å². The molecule has 6 nitrogen and oxygen atoms in total. The van der Waals surface area contributed by atoms with Crippen molar-refractivity contribution in [3.05, 3.63) is 64.9 Å². The molecule has 2 aromatic rings. The molecule has 2 heterocycles. The second kappa shape index (κ2) is 6.38. The Morgan fingerprint density at radius 1 is 1.29 bits per heavy atom. The summed E-state index contributed by atoms with van der Waals surface area (Å²) in [6.07, 6.45) is 1.01. The van der Waals surface area contributed by atoms with Gasteiger partial charge in [-0.15, -0.1) is 0 Å². The van der Waals surface area contributed by atoms with Gasteiger partial charge in [0.25, 0.3) is 0 Å². The van der Waals surface area contributed by atoms with Crippen LogP contribution in [0.5, 0.6) is 0 Å². The third-order valence-electron chi connectivity index (χ3n) is 5.34. The number of ether oxygens (including phenoxy) is 1. The van der Waals surface area contributed by atoms with Crippen molar-refractivity contribution < 1.29 is 9.53 Å². The number of rotatable bonds is 2. The summed E-state index contributed by atoms with van der Waals surface area (Å²) in [6.45, 7) is 4.06. The van der Waals surface area contributed by atoms with Gasteiger partial charge >= 0.3 is 0 Å². The minimum atomic E-state index is -0.596. The van der Waals surface area contributed by atoms with Gasteiger partial charge in [0, 0.05) is 25.5 Å². The Morgan fingerprint density at radius 3 is 2.68 bits per heavy atom. The molecule has 2 aliphatic rings. The van der Waals surface area contributed by atoms with E-state index in [4.69, 9.17) is 10.5 Å². The van der Waals surface area contributed by atoms with Gasteiger partial charge in [-0.25, -0.2) is 0 Å². The molecular weight excluding hydrogens is 352 g/mol. The molecule has 0 saturated heterocycles. The Labute approximate surface area is 163 Å². The molecule has 6 heteroatoms. The predicted molar refractivity (Wildman–Crippen MR) is 104 cm³/mol. The van der Waals surface area contributed by atoms with Crippen molar-refractivity contribution in [1.29, 1.82) is 5.26 Å². The van der Waals surface area contributed by atoms with Crippen LogP contribution in [0, 0.1) is 16.7 Å². The number of nitrogens with two attached hydrogens (primary N) is 1. The summed E-state index contributed by atoms with van der Waals surface area (Å²) in [4.78, 5) is 13.0. The number of ketones is 1. The first-order valence-electron chi connectivity index (χ1n) is 9.24. The molecular formula is C22H22N4O2. The summed E-state index contributed by atoms with van der Waals surface area (Å²) in [5.41, 5.74) is 9.17. The number of nitrogens with zero attached hydrogens (tertiary/aromatic N) is 3. The average Bonchev–Trinajstić information content (AvgIpc) is 3.01. The van der Waals surface area contributed by atoms with Gasteiger partial charge in [-0.3, -0.25) is 9.48 Å². The van der Waals surface area contributed by atoms with Crippen molar-refractivity contribution in [2.75, 3.05) is 0 Å². The van der Waals surface area contributed by atoms with Crippen LogP contribution in [-0.4, -0.2) is 15.6 Å². The van der Waals surface area contributed by atoms with E-state index in [1.807, 2.05) is 57.3 Å². The van der Waals surface area contributed by atoms with Gasteiger partial charge in [0.2, 0.25) is 5.88 Å². The Bertz CT molecular complexity index is 1070. The fraction of sp³-hybridized carbons (Fsp3) is 0.318. The maximum atomic E-state index is 13.0. The minimum absolute atomic E-state index is 0.0107. The monoisotopic (exact) mass is 374 g/mol. The molecule has 0 radical (unpaired) electrons. The number of Topliss-reactive ketones (excluding diaryl/α,β-unsaturated/α-hetero) is 1. The van der Waals surface area contributed by atoms with Crippen LogP contribution in [0.2, 0.25) is 0 Å². The Balaban J connectivity index is 1.87. The second-order valence-corrected chi connectivity index (χ2v) is 8.15. The predicted octanol–water partition coefficient (Wildman–Crippen LogP) is 3.54. The first-order valence-corrected chi connectivity index (χ1v) is 9.24. The summed E-state index contributed by atoms with van der Waals surface area (Å²) < 4.78 is 7.50. The van der Waals surface area contributed by atoms with Gasteiger partial charge in [0.05, 0.1) is 17.3 Å². The average molecular weight is 374 g/mol. The summed E-state index contributed by atoms with van der Waals surface area (Å²) in [6, 6.07) is 13.9. The van der Waals surface area contributed by atoms with E-state index in [1.165, 1.54) is 0 Å². The molecule has 1 aromatic carbocycles. The zero-order valence-corrected chi connectivity index (χ0v) is 16.2. The molecule has 1 aliphatic heterocycles.